The van der Waals surface area contributed by atoms with Crippen LogP contribution in [0.3, 0.4) is 0 Å². The van der Waals surface area contributed by atoms with Gasteiger partial charge in [-0.25, -0.2) is 15.4 Å². The number of hydroxylamine groups is 1. The molecule has 150 valence electrons. The first-order valence-electron chi connectivity index (χ1n) is 9.97. The molecule has 3 aromatic rings. The summed E-state index contributed by atoms with van der Waals surface area (Å²) in [6.07, 6.45) is 7.03. The molecule has 0 unspecified atom stereocenters. The molecule has 0 spiro atoms. The van der Waals surface area contributed by atoms with Gasteiger partial charge in [0.05, 0.1) is 0 Å². The van der Waals surface area contributed by atoms with Gasteiger partial charge >= 0.3 is 0 Å². The van der Waals surface area contributed by atoms with Gasteiger partial charge in [0, 0.05) is 30.4 Å². The van der Waals surface area contributed by atoms with Crippen LogP contribution in [0.2, 0.25) is 0 Å². The van der Waals surface area contributed by atoms with Gasteiger partial charge in [-0.3, -0.25) is 10.0 Å². The van der Waals surface area contributed by atoms with Crippen LogP contribution in [0.5, 0.6) is 0 Å². The van der Waals surface area contributed by atoms with Gasteiger partial charge in [-0.15, -0.1) is 0 Å². The molecule has 7 nitrogen and oxygen atoms in total. The number of hydrogen-bond donors (Lipinski definition) is 2. The van der Waals surface area contributed by atoms with E-state index >= 15 is 0 Å². The van der Waals surface area contributed by atoms with Crippen molar-refractivity contribution in [2.45, 2.75) is 25.8 Å². The normalized spacial score (nSPS) is 17.8. The summed E-state index contributed by atoms with van der Waals surface area (Å²) < 4.78 is 2.28. The summed E-state index contributed by atoms with van der Waals surface area (Å²) in [5.74, 6) is 0.331. The molecule has 4 rings (SSSR count). The number of hydrogen-bond acceptors (Lipinski definition) is 5. The highest BCUT2D eigenvalue weighted by Crippen LogP contribution is 2.32. The fourth-order valence-electron chi connectivity index (χ4n) is 4.00. The van der Waals surface area contributed by atoms with Crippen LogP contribution in [0.4, 0.5) is 0 Å². The zero-order valence-electron chi connectivity index (χ0n) is 16.5. The summed E-state index contributed by atoms with van der Waals surface area (Å²) >= 11 is 0. The number of amides is 1. The number of likely N-dealkylation sites (N-methyl/N-ethyl adjacent to an activating group) is 1. The fraction of sp³-hybridized carbons (Fsp3) is 0.318. The van der Waals surface area contributed by atoms with Crippen molar-refractivity contribution in [2.75, 3.05) is 19.6 Å². The quantitative estimate of drug-likeness (QED) is 0.396. The van der Waals surface area contributed by atoms with Crippen molar-refractivity contribution >= 4 is 23.1 Å². The maximum absolute atomic E-state index is 11.3. The van der Waals surface area contributed by atoms with E-state index in [4.69, 9.17) is 10.2 Å². The summed E-state index contributed by atoms with van der Waals surface area (Å²) in [6, 6.07) is 12.1. The number of imidazole rings is 1. The maximum atomic E-state index is 11.3. The number of carbonyl (C=O) groups excluding carboxylic acids is 1. The lowest BCUT2D eigenvalue weighted by Crippen LogP contribution is -2.36. The van der Waals surface area contributed by atoms with Crippen LogP contribution in [0, 0.1) is 0 Å². The van der Waals surface area contributed by atoms with E-state index in [0.29, 0.717) is 6.04 Å². The monoisotopic (exact) mass is 391 g/mol. The number of nitrogens with zero attached hydrogens (tertiary/aromatic N) is 4. The Kier molecular flexibility index (Phi) is 5.69. The Morgan fingerprint density at radius 3 is 3.07 bits per heavy atom. The molecular formula is C22H25N5O2. The summed E-state index contributed by atoms with van der Waals surface area (Å²) in [5, 5.41) is 8.67. The molecule has 1 atom stereocenters. The number of aromatic nitrogens is 3. The first-order valence-corrected chi connectivity index (χ1v) is 9.97. The van der Waals surface area contributed by atoms with Gasteiger partial charge in [-0.1, -0.05) is 25.1 Å². The number of fused-ring (bicyclic) bond motifs is 1. The highest BCUT2D eigenvalue weighted by Gasteiger charge is 2.25. The molecule has 7 heteroatoms. The van der Waals surface area contributed by atoms with Gasteiger partial charge in [0.15, 0.2) is 5.65 Å². The summed E-state index contributed by atoms with van der Waals surface area (Å²) in [6.45, 7) is 5.36. The van der Waals surface area contributed by atoms with Crippen LogP contribution in [-0.2, 0) is 4.79 Å². The molecule has 29 heavy (non-hydrogen) atoms. The second-order valence-corrected chi connectivity index (χ2v) is 7.28. The second kappa shape index (κ2) is 8.55. The van der Waals surface area contributed by atoms with Gasteiger partial charge in [-0.05, 0) is 55.8 Å². The van der Waals surface area contributed by atoms with E-state index in [0.717, 1.165) is 60.6 Å². The smallest absolute Gasteiger partial charge is 0.267 e. The lowest BCUT2D eigenvalue weighted by molar-refractivity contribution is -0.124. The molecule has 1 saturated heterocycles. The highest BCUT2D eigenvalue weighted by molar-refractivity contribution is 5.91. The van der Waals surface area contributed by atoms with Crippen LogP contribution < -0.4 is 5.48 Å². The fourth-order valence-corrected chi connectivity index (χ4v) is 4.00. The first kappa shape index (κ1) is 19.3. The number of carbonyl (C=O) groups is 1. The standard InChI is InChI=1S/C22H25N5O2/c1-2-26-13-5-8-18(15-26)27-21(24-19-9-4-12-23-22(19)27)17-7-3-6-16(14-17)10-11-20(28)25-29/h3-4,6-7,9-12,14,18,29H,2,5,8,13,15H2,1H3,(H,25,28)/t18-/m1/s1. The van der Waals surface area contributed by atoms with E-state index in [1.165, 1.54) is 6.08 Å². The lowest BCUT2D eigenvalue weighted by atomic mass is 10.0. The SMILES string of the molecule is CCN1CCC[C@@H](n2c(-c3cccc(C=CC(=O)NO)c3)nc3cccnc32)C1. The zero-order chi connectivity index (χ0) is 20.2. The van der Waals surface area contributed by atoms with Gasteiger partial charge in [-0.2, -0.15) is 0 Å². The van der Waals surface area contributed by atoms with E-state index in [1.807, 2.05) is 42.6 Å². The van der Waals surface area contributed by atoms with Crippen LogP contribution in [0.25, 0.3) is 28.6 Å². The van der Waals surface area contributed by atoms with Crippen molar-refractivity contribution in [3.63, 3.8) is 0 Å². The van der Waals surface area contributed by atoms with E-state index < -0.39 is 5.91 Å². The third-order valence-electron chi connectivity index (χ3n) is 5.42. The predicted molar refractivity (Wildman–Crippen MR) is 112 cm³/mol. The molecule has 1 aliphatic rings. The van der Waals surface area contributed by atoms with Crippen molar-refractivity contribution in [1.82, 2.24) is 24.9 Å². The second-order valence-electron chi connectivity index (χ2n) is 7.28. The molecule has 3 heterocycles. The molecule has 1 aliphatic heterocycles. The Labute approximate surface area is 169 Å². The Balaban J connectivity index is 1.78. The summed E-state index contributed by atoms with van der Waals surface area (Å²) in [5.41, 5.74) is 5.23. The molecule has 0 radical (unpaired) electrons. The third kappa shape index (κ3) is 4.06. The Morgan fingerprint density at radius 1 is 1.34 bits per heavy atom. The molecule has 0 aliphatic carbocycles. The summed E-state index contributed by atoms with van der Waals surface area (Å²) in [4.78, 5) is 23.3. The van der Waals surface area contributed by atoms with Gasteiger partial charge < -0.3 is 9.47 Å². The van der Waals surface area contributed by atoms with Crippen molar-refractivity contribution in [2.24, 2.45) is 0 Å². The van der Waals surface area contributed by atoms with Crippen molar-refractivity contribution in [1.29, 1.82) is 0 Å². The Hall–Kier alpha value is -3.03. The van der Waals surface area contributed by atoms with Crippen molar-refractivity contribution in [3.05, 3.63) is 54.2 Å². The van der Waals surface area contributed by atoms with Gasteiger partial charge in [0.1, 0.15) is 11.3 Å². The average molecular weight is 391 g/mol. The first-order chi connectivity index (χ1) is 14.2. The molecule has 2 N–H and O–H groups in total. The zero-order valence-corrected chi connectivity index (χ0v) is 16.5. The molecule has 1 amide bonds. The van der Waals surface area contributed by atoms with Gasteiger partial charge in [0.25, 0.3) is 5.91 Å². The molecule has 2 aromatic heterocycles. The number of piperidine rings is 1. The Bertz CT molecular complexity index is 1040. The minimum absolute atomic E-state index is 0.318. The van der Waals surface area contributed by atoms with Crippen LogP contribution in [0.15, 0.2) is 48.7 Å². The van der Waals surface area contributed by atoms with Crippen molar-refractivity contribution < 1.29 is 10.0 Å². The largest absolute Gasteiger partial charge is 0.304 e. The molecule has 0 saturated carbocycles. The van der Waals surface area contributed by atoms with E-state index in [1.54, 1.807) is 11.6 Å². The minimum atomic E-state index is -0.561. The number of rotatable bonds is 5. The van der Waals surface area contributed by atoms with Crippen LogP contribution in [-0.4, -0.2) is 50.2 Å². The van der Waals surface area contributed by atoms with E-state index in [9.17, 15) is 4.79 Å². The molecule has 1 aromatic carbocycles. The summed E-state index contributed by atoms with van der Waals surface area (Å²) in [7, 11) is 0. The van der Waals surface area contributed by atoms with Crippen LogP contribution >= 0.6 is 0 Å². The number of nitrogens with one attached hydrogen (secondary N) is 1. The predicted octanol–water partition coefficient (Wildman–Crippen LogP) is 3.27. The maximum Gasteiger partial charge on any atom is 0.267 e. The molecular weight excluding hydrogens is 366 g/mol. The molecule has 1 fully saturated rings. The minimum Gasteiger partial charge on any atom is -0.304 e. The van der Waals surface area contributed by atoms with E-state index in [2.05, 4.69) is 21.4 Å². The van der Waals surface area contributed by atoms with Gasteiger partial charge in [0.2, 0.25) is 0 Å². The number of likely N-dealkylation sites (tertiary alicyclic amines) is 1. The van der Waals surface area contributed by atoms with Crippen LogP contribution in [0.1, 0.15) is 31.4 Å². The highest BCUT2D eigenvalue weighted by atomic mass is 16.5. The van der Waals surface area contributed by atoms with E-state index in [-0.39, 0.29) is 0 Å². The van der Waals surface area contributed by atoms with Crippen molar-refractivity contribution in [3.8, 4) is 11.4 Å². The number of pyridine rings is 1. The number of benzene rings is 1. The third-order valence-corrected chi connectivity index (χ3v) is 5.42. The average Bonchev–Trinajstić information content (AvgIpc) is 3.17. The Morgan fingerprint density at radius 2 is 2.24 bits per heavy atom. The topological polar surface area (TPSA) is 83.3 Å². The molecule has 0 bridgehead atoms. The lowest BCUT2D eigenvalue weighted by Gasteiger charge is -2.33.